The monoisotopic (exact) mass is 334 g/mol. The Labute approximate surface area is 142 Å². The van der Waals surface area contributed by atoms with Gasteiger partial charge in [-0.15, -0.1) is 0 Å². The van der Waals surface area contributed by atoms with Crippen molar-refractivity contribution in [3.8, 4) is 0 Å². The zero-order valence-corrected chi connectivity index (χ0v) is 14.8. The molecule has 0 aliphatic heterocycles. The SMILES string of the molecule is CCNC(=O)C(C)NC(=O)Nc1cccc(C(=O)NC(C)(C)C)c1. The number of nitrogens with one attached hydrogen (secondary N) is 4. The maximum absolute atomic E-state index is 12.1. The van der Waals surface area contributed by atoms with E-state index < -0.39 is 12.1 Å². The highest BCUT2D eigenvalue weighted by atomic mass is 16.2. The molecular formula is C17H26N4O3. The fourth-order valence-corrected chi connectivity index (χ4v) is 1.91. The number of likely N-dealkylation sites (N-methyl/N-ethyl adjacent to an activating group) is 1. The van der Waals surface area contributed by atoms with Crippen LogP contribution in [-0.4, -0.2) is 36.0 Å². The molecular weight excluding hydrogens is 308 g/mol. The second kappa shape index (κ2) is 8.33. The normalized spacial score (nSPS) is 12.0. The van der Waals surface area contributed by atoms with Crippen molar-refractivity contribution in [3.63, 3.8) is 0 Å². The second-order valence-electron chi connectivity index (χ2n) is 6.50. The van der Waals surface area contributed by atoms with Crippen molar-refractivity contribution in [2.45, 2.75) is 46.2 Å². The lowest BCUT2D eigenvalue weighted by atomic mass is 10.1. The minimum Gasteiger partial charge on any atom is -0.355 e. The molecule has 132 valence electrons. The van der Waals surface area contributed by atoms with Gasteiger partial charge in [-0.2, -0.15) is 0 Å². The molecule has 24 heavy (non-hydrogen) atoms. The van der Waals surface area contributed by atoms with Crippen LogP contribution in [0.1, 0.15) is 45.0 Å². The van der Waals surface area contributed by atoms with Crippen LogP contribution >= 0.6 is 0 Å². The number of urea groups is 1. The molecule has 4 N–H and O–H groups in total. The van der Waals surface area contributed by atoms with Gasteiger partial charge in [0, 0.05) is 23.3 Å². The van der Waals surface area contributed by atoms with E-state index in [-0.39, 0.29) is 17.4 Å². The number of benzene rings is 1. The Balaban J connectivity index is 2.69. The van der Waals surface area contributed by atoms with Crippen LogP contribution in [0, 0.1) is 0 Å². The maximum Gasteiger partial charge on any atom is 0.319 e. The summed E-state index contributed by atoms with van der Waals surface area (Å²) in [6.45, 7) is 9.57. The van der Waals surface area contributed by atoms with Crippen LogP contribution in [0.5, 0.6) is 0 Å². The van der Waals surface area contributed by atoms with Gasteiger partial charge in [-0.05, 0) is 52.8 Å². The standard InChI is InChI=1S/C17H26N4O3/c1-6-18-14(22)11(2)19-16(24)20-13-9-7-8-12(10-13)15(23)21-17(3,4)5/h7-11H,6H2,1-5H3,(H,18,22)(H,21,23)(H2,19,20,24). The second-order valence-corrected chi connectivity index (χ2v) is 6.50. The Hall–Kier alpha value is -2.57. The van der Waals surface area contributed by atoms with Gasteiger partial charge in [0.25, 0.3) is 5.91 Å². The van der Waals surface area contributed by atoms with Crippen LogP contribution in [-0.2, 0) is 4.79 Å². The lowest BCUT2D eigenvalue weighted by Crippen LogP contribution is -2.46. The molecule has 0 aliphatic rings. The Morgan fingerprint density at radius 3 is 2.42 bits per heavy atom. The molecule has 7 nitrogen and oxygen atoms in total. The minimum atomic E-state index is -0.655. The molecule has 1 rings (SSSR count). The molecule has 0 radical (unpaired) electrons. The van der Waals surface area contributed by atoms with E-state index in [2.05, 4.69) is 21.3 Å². The topological polar surface area (TPSA) is 99.3 Å². The van der Waals surface area contributed by atoms with E-state index in [1.165, 1.54) is 0 Å². The fraction of sp³-hybridized carbons (Fsp3) is 0.471. The molecule has 1 aromatic carbocycles. The summed E-state index contributed by atoms with van der Waals surface area (Å²) in [5, 5.41) is 10.6. The average molecular weight is 334 g/mol. The molecule has 0 spiro atoms. The number of carbonyl (C=O) groups excluding carboxylic acids is 3. The highest BCUT2D eigenvalue weighted by Crippen LogP contribution is 2.12. The predicted molar refractivity (Wildman–Crippen MR) is 94.0 cm³/mol. The van der Waals surface area contributed by atoms with Crippen molar-refractivity contribution in [3.05, 3.63) is 29.8 Å². The van der Waals surface area contributed by atoms with Gasteiger partial charge in [0.05, 0.1) is 0 Å². The van der Waals surface area contributed by atoms with Crippen molar-refractivity contribution in [2.24, 2.45) is 0 Å². The van der Waals surface area contributed by atoms with Crippen LogP contribution in [0.2, 0.25) is 0 Å². The largest absolute Gasteiger partial charge is 0.355 e. The van der Waals surface area contributed by atoms with Gasteiger partial charge in [0.15, 0.2) is 0 Å². The molecule has 7 heteroatoms. The van der Waals surface area contributed by atoms with Crippen LogP contribution in [0.3, 0.4) is 0 Å². The summed E-state index contributed by atoms with van der Waals surface area (Å²) >= 11 is 0. The number of hydrogen-bond acceptors (Lipinski definition) is 3. The number of rotatable bonds is 5. The van der Waals surface area contributed by atoms with Gasteiger partial charge in [0.2, 0.25) is 5.91 Å². The number of anilines is 1. The summed E-state index contributed by atoms with van der Waals surface area (Å²) in [5.41, 5.74) is 0.566. The summed E-state index contributed by atoms with van der Waals surface area (Å²) in [6.07, 6.45) is 0. The third-order valence-corrected chi connectivity index (χ3v) is 2.96. The van der Waals surface area contributed by atoms with Gasteiger partial charge in [0.1, 0.15) is 6.04 Å². The first-order valence-corrected chi connectivity index (χ1v) is 7.90. The molecule has 1 unspecified atom stereocenters. The molecule has 0 fully saturated rings. The van der Waals surface area contributed by atoms with E-state index in [4.69, 9.17) is 0 Å². The Morgan fingerprint density at radius 2 is 1.83 bits per heavy atom. The van der Waals surface area contributed by atoms with Gasteiger partial charge < -0.3 is 21.3 Å². The Bertz CT molecular complexity index is 608. The highest BCUT2D eigenvalue weighted by molar-refractivity contribution is 5.98. The summed E-state index contributed by atoms with van der Waals surface area (Å²) in [6, 6.07) is 5.43. The molecule has 0 aromatic heterocycles. The molecule has 1 atom stereocenters. The van der Waals surface area contributed by atoms with E-state index in [0.29, 0.717) is 17.8 Å². The number of hydrogen-bond donors (Lipinski definition) is 4. The first kappa shape index (κ1) is 19.5. The van der Waals surface area contributed by atoms with Crippen molar-refractivity contribution >= 4 is 23.5 Å². The zero-order chi connectivity index (χ0) is 18.3. The Morgan fingerprint density at radius 1 is 1.17 bits per heavy atom. The molecule has 0 bridgehead atoms. The first-order valence-electron chi connectivity index (χ1n) is 7.90. The van der Waals surface area contributed by atoms with Gasteiger partial charge in [-0.3, -0.25) is 9.59 Å². The van der Waals surface area contributed by atoms with Crippen molar-refractivity contribution in [1.82, 2.24) is 16.0 Å². The van der Waals surface area contributed by atoms with Gasteiger partial charge >= 0.3 is 6.03 Å². The molecule has 4 amide bonds. The summed E-state index contributed by atoms with van der Waals surface area (Å²) < 4.78 is 0. The van der Waals surface area contributed by atoms with Gasteiger partial charge in [-0.25, -0.2) is 4.79 Å². The zero-order valence-electron chi connectivity index (χ0n) is 14.8. The van der Waals surface area contributed by atoms with E-state index >= 15 is 0 Å². The third kappa shape index (κ3) is 6.68. The smallest absolute Gasteiger partial charge is 0.319 e. The molecule has 0 saturated heterocycles. The van der Waals surface area contributed by atoms with E-state index in [1.54, 1.807) is 38.1 Å². The van der Waals surface area contributed by atoms with Crippen LogP contribution in [0.25, 0.3) is 0 Å². The fourth-order valence-electron chi connectivity index (χ4n) is 1.91. The minimum absolute atomic E-state index is 0.220. The van der Waals surface area contributed by atoms with Crippen molar-refractivity contribution in [1.29, 1.82) is 0 Å². The maximum atomic E-state index is 12.1. The molecule has 0 saturated carbocycles. The van der Waals surface area contributed by atoms with Crippen LogP contribution < -0.4 is 21.3 Å². The quantitative estimate of drug-likeness (QED) is 0.661. The Kier molecular flexibility index (Phi) is 6.76. The van der Waals surface area contributed by atoms with Crippen LogP contribution in [0.4, 0.5) is 10.5 Å². The first-order chi connectivity index (χ1) is 11.1. The van der Waals surface area contributed by atoms with E-state index in [9.17, 15) is 14.4 Å². The van der Waals surface area contributed by atoms with Crippen molar-refractivity contribution < 1.29 is 14.4 Å². The van der Waals surface area contributed by atoms with Crippen LogP contribution in [0.15, 0.2) is 24.3 Å². The summed E-state index contributed by atoms with van der Waals surface area (Å²) in [5.74, 6) is -0.479. The van der Waals surface area contributed by atoms with Crippen molar-refractivity contribution in [2.75, 3.05) is 11.9 Å². The van der Waals surface area contributed by atoms with E-state index in [1.807, 2.05) is 20.8 Å². The lowest BCUT2D eigenvalue weighted by molar-refractivity contribution is -0.122. The summed E-state index contributed by atoms with van der Waals surface area (Å²) in [4.78, 5) is 35.7. The molecule has 1 aromatic rings. The molecule has 0 heterocycles. The lowest BCUT2D eigenvalue weighted by Gasteiger charge is -2.20. The third-order valence-electron chi connectivity index (χ3n) is 2.96. The highest BCUT2D eigenvalue weighted by Gasteiger charge is 2.17. The summed E-state index contributed by atoms with van der Waals surface area (Å²) in [7, 11) is 0. The van der Waals surface area contributed by atoms with Gasteiger partial charge in [-0.1, -0.05) is 6.07 Å². The number of carbonyl (C=O) groups is 3. The predicted octanol–water partition coefficient (Wildman–Crippen LogP) is 1.86. The molecule has 0 aliphatic carbocycles. The number of amides is 4. The van der Waals surface area contributed by atoms with E-state index in [0.717, 1.165) is 0 Å². The average Bonchev–Trinajstić information content (AvgIpc) is 2.45.